The van der Waals surface area contributed by atoms with Gasteiger partial charge >= 0.3 is 0 Å². The molecule has 2 aromatic rings. The van der Waals surface area contributed by atoms with Gasteiger partial charge in [0.15, 0.2) is 5.60 Å². The van der Waals surface area contributed by atoms with Gasteiger partial charge in [0.25, 0.3) is 5.91 Å². The van der Waals surface area contributed by atoms with Crippen molar-refractivity contribution in [3.05, 3.63) is 65.2 Å². The fourth-order valence-electron chi connectivity index (χ4n) is 5.10. The largest absolute Gasteiger partial charge is 0.342 e. The number of nitrogens with zero attached hydrogens (tertiary/aromatic N) is 3. The first kappa shape index (κ1) is 21.9. The third-order valence-electron chi connectivity index (χ3n) is 6.72. The molecule has 3 fully saturated rings. The first-order chi connectivity index (χ1) is 15.7. The van der Waals surface area contributed by atoms with Crippen LogP contribution in [0.1, 0.15) is 42.9 Å². The predicted molar refractivity (Wildman–Crippen MR) is 112 cm³/mol. The van der Waals surface area contributed by atoms with E-state index >= 15 is 0 Å². The van der Waals surface area contributed by atoms with Crippen molar-refractivity contribution in [3.63, 3.8) is 0 Å². The standard InChI is InChI=1S/C23H21F2N3O4S/c24-17-11-16(12-18(25)13-17)20-4-5-21-28(20)22(29)23(32-21)6-8-27(9-7-23)33(30,31)19-3-1-2-15(10-19)14-26/h1-3,10-13,20-21H,4-9H2/t20-,21+/m0/s1. The molecule has 2 atom stereocenters. The summed E-state index contributed by atoms with van der Waals surface area (Å²) >= 11 is 0. The Morgan fingerprint density at radius 3 is 2.42 bits per heavy atom. The van der Waals surface area contributed by atoms with E-state index < -0.39 is 39.5 Å². The zero-order chi connectivity index (χ0) is 23.4. The summed E-state index contributed by atoms with van der Waals surface area (Å²) in [6.45, 7) is 0.176. The van der Waals surface area contributed by atoms with Crippen LogP contribution < -0.4 is 0 Å². The van der Waals surface area contributed by atoms with E-state index in [1.165, 1.54) is 40.7 Å². The predicted octanol–water partition coefficient (Wildman–Crippen LogP) is 3.08. The fraction of sp³-hybridized carbons (Fsp3) is 0.391. The second kappa shape index (κ2) is 7.87. The van der Waals surface area contributed by atoms with Gasteiger partial charge in [-0.2, -0.15) is 9.57 Å². The van der Waals surface area contributed by atoms with Gasteiger partial charge in [0.2, 0.25) is 10.0 Å². The molecule has 10 heteroatoms. The number of ether oxygens (including phenoxy) is 1. The first-order valence-corrected chi connectivity index (χ1v) is 12.1. The molecular weight excluding hydrogens is 452 g/mol. The summed E-state index contributed by atoms with van der Waals surface area (Å²) in [4.78, 5) is 15.0. The molecule has 33 heavy (non-hydrogen) atoms. The van der Waals surface area contributed by atoms with Crippen molar-refractivity contribution in [2.45, 2.75) is 48.4 Å². The number of rotatable bonds is 3. The van der Waals surface area contributed by atoms with Crippen LogP contribution in [0.5, 0.6) is 0 Å². The maximum absolute atomic E-state index is 13.8. The molecule has 2 aromatic carbocycles. The Labute approximate surface area is 190 Å². The minimum absolute atomic E-state index is 0.0324. The lowest BCUT2D eigenvalue weighted by molar-refractivity contribution is -0.142. The molecule has 7 nitrogen and oxygen atoms in total. The number of carbonyl (C=O) groups is 1. The number of carbonyl (C=O) groups excluding carboxylic acids is 1. The minimum Gasteiger partial charge on any atom is -0.342 e. The van der Waals surface area contributed by atoms with Gasteiger partial charge in [-0.05, 0) is 61.6 Å². The molecule has 0 saturated carbocycles. The van der Waals surface area contributed by atoms with E-state index in [0.29, 0.717) is 18.4 Å². The molecule has 172 valence electrons. The summed E-state index contributed by atoms with van der Waals surface area (Å²) in [5.41, 5.74) is -0.504. The zero-order valence-corrected chi connectivity index (χ0v) is 18.4. The number of amides is 1. The highest BCUT2D eigenvalue weighted by Gasteiger charge is 2.58. The Bertz CT molecular complexity index is 1250. The van der Waals surface area contributed by atoms with Gasteiger partial charge in [0.05, 0.1) is 22.6 Å². The van der Waals surface area contributed by atoms with E-state index in [4.69, 9.17) is 10.00 Å². The van der Waals surface area contributed by atoms with Crippen LogP contribution in [0.4, 0.5) is 8.78 Å². The van der Waals surface area contributed by atoms with Gasteiger partial charge in [0.1, 0.15) is 17.9 Å². The topological polar surface area (TPSA) is 90.7 Å². The second-order valence-corrected chi connectivity index (χ2v) is 10.6. The van der Waals surface area contributed by atoms with E-state index in [-0.39, 0.29) is 42.3 Å². The van der Waals surface area contributed by atoms with Crippen LogP contribution in [0, 0.1) is 23.0 Å². The average molecular weight is 474 g/mol. The molecule has 3 saturated heterocycles. The summed E-state index contributed by atoms with van der Waals surface area (Å²) in [5.74, 6) is -1.66. The molecule has 1 amide bonds. The van der Waals surface area contributed by atoms with Gasteiger partial charge in [0, 0.05) is 19.2 Å². The lowest BCUT2D eigenvalue weighted by atomic mass is 9.90. The molecular formula is C23H21F2N3O4S. The van der Waals surface area contributed by atoms with E-state index in [1.807, 2.05) is 6.07 Å². The number of benzene rings is 2. The lowest BCUT2D eigenvalue weighted by Crippen LogP contribution is -2.51. The third-order valence-corrected chi connectivity index (χ3v) is 8.61. The summed E-state index contributed by atoms with van der Waals surface area (Å²) < 4.78 is 61.1. The molecule has 0 aliphatic carbocycles. The lowest BCUT2D eigenvalue weighted by Gasteiger charge is -2.37. The second-order valence-electron chi connectivity index (χ2n) is 8.62. The van der Waals surface area contributed by atoms with E-state index in [2.05, 4.69) is 0 Å². The highest BCUT2D eigenvalue weighted by molar-refractivity contribution is 7.89. The molecule has 3 aliphatic rings. The smallest absolute Gasteiger partial charge is 0.257 e. The number of hydrogen-bond donors (Lipinski definition) is 0. The number of sulfonamides is 1. The Kier molecular flexibility index (Phi) is 5.23. The SMILES string of the molecule is N#Cc1cccc(S(=O)(=O)N2CCC3(CC2)O[C@@H]2CC[C@@H](c4cc(F)cc(F)c4)N2C3=O)c1. The van der Waals surface area contributed by atoms with Gasteiger partial charge in [-0.25, -0.2) is 17.2 Å². The number of halogens is 2. The summed E-state index contributed by atoms with van der Waals surface area (Å²) in [6.07, 6.45) is 0.939. The molecule has 0 radical (unpaired) electrons. The van der Waals surface area contributed by atoms with E-state index in [1.54, 1.807) is 4.90 Å². The monoisotopic (exact) mass is 473 g/mol. The fourth-order valence-corrected chi connectivity index (χ4v) is 6.59. The summed E-state index contributed by atoms with van der Waals surface area (Å²) in [6, 6.07) is 10.5. The highest BCUT2D eigenvalue weighted by Crippen LogP contribution is 2.48. The molecule has 3 heterocycles. The van der Waals surface area contributed by atoms with Gasteiger partial charge in [-0.1, -0.05) is 6.07 Å². The first-order valence-electron chi connectivity index (χ1n) is 10.7. The van der Waals surface area contributed by atoms with Crippen LogP contribution in [0.15, 0.2) is 47.4 Å². The Balaban J connectivity index is 1.34. The van der Waals surface area contributed by atoms with Crippen LogP contribution in [0.3, 0.4) is 0 Å². The number of piperidine rings is 1. The maximum atomic E-state index is 13.8. The number of fused-ring (bicyclic) bond motifs is 1. The molecule has 0 aromatic heterocycles. The Morgan fingerprint density at radius 1 is 1.06 bits per heavy atom. The Hall–Kier alpha value is -2.87. The van der Waals surface area contributed by atoms with Crippen molar-refractivity contribution >= 4 is 15.9 Å². The van der Waals surface area contributed by atoms with Crippen LogP contribution in [-0.4, -0.2) is 48.4 Å². The van der Waals surface area contributed by atoms with Crippen LogP contribution in [0.25, 0.3) is 0 Å². The van der Waals surface area contributed by atoms with E-state index in [0.717, 1.165) is 6.07 Å². The zero-order valence-electron chi connectivity index (χ0n) is 17.6. The van der Waals surface area contributed by atoms with Crippen LogP contribution >= 0.6 is 0 Å². The van der Waals surface area contributed by atoms with Crippen LogP contribution in [-0.2, 0) is 19.6 Å². The van der Waals surface area contributed by atoms with Crippen molar-refractivity contribution in [3.8, 4) is 6.07 Å². The molecule has 0 unspecified atom stereocenters. The van der Waals surface area contributed by atoms with Gasteiger partial charge in [-0.3, -0.25) is 4.79 Å². The molecule has 5 rings (SSSR count). The highest BCUT2D eigenvalue weighted by atomic mass is 32.2. The quantitative estimate of drug-likeness (QED) is 0.684. The van der Waals surface area contributed by atoms with Crippen molar-refractivity contribution in [2.24, 2.45) is 0 Å². The third kappa shape index (κ3) is 3.60. The van der Waals surface area contributed by atoms with E-state index in [9.17, 15) is 22.0 Å². The van der Waals surface area contributed by atoms with Gasteiger partial charge in [-0.15, -0.1) is 0 Å². The summed E-state index contributed by atoms with van der Waals surface area (Å²) in [7, 11) is -3.82. The maximum Gasteiger partial charge on any atom is 0.257 e. The Morgan fingerprint density at radius 2 is 1.76 bits per heavy atom. The van der Waals surface area contributed by atoms with Crippen molar-refractivity contribution in [1.82, 2.24) is 9.21 Å². The minimum atomic E-state index is -3.82. The molecule has 0 bridgehead atoms. The molecule has 3 aliphatic heterocycles. The van der Waals surface area contributed by atoms with Crippen molar-refractivity contribution < 1.29 is 26.7 Å². The summed E-state index contributed by atoms with van der Waals surface area (Å²) in [5, 5.41) is 9.06. The van der Waals surface area contributed by atoms with Crippen molar-refractivity contribution in [1.29, 1.82) is 5.26 Å². The average Bonchev–Trinajstić information content (AvgIpc) is 3.31. The molecule has 1 spiro atoms. The number of hydrogen-bond acceptors (Lipinski definition) is 5. The van der Waals surface area contributed by atoms with Gasteiger partial charge < -0.3 is 9.64 Å². The number of nitriles is 1. The van der Waals surface area contributed by atoms with Crippen LogP contribution in [0.2, 0.25) is 0 Å². The normalized spacial score (nSPS) is 24.8. The van der Waals surface area contributed by atoms with Crippen molar-refractivity contribution in [2.75, 3.05) is 13.1 Å². The molecule has 0 N–H and O–H groups in total.